The lowest BCUT2D eigenvalue weighted by Crippen LogP contribution is -2.35. The van der Waals surface area contributed by atoms with Gasteiger partial charge in [0.2, 0.25) is 9.84 Å². The third kappa shape index (κ3) is 3.27. The molecule has 2 aromatic rings. The quantitative estimate of drug-likeness (QED) is 0.898. The van der Waals surface area contributed by atoms with Gasteiger partial charge < -0.3 is 15.0 Å². The largest absolute Gasteiger partial charge is 0.482 e. The van der Waals surface area contributed by atoms with E-state index >= 15 is 0 Å². The molecule has 0 unspecified atom stereocenters. The highest BCUT2D eigenvalue weighted by molar-refractivity contribution is 7.91. The number of hydrogen-bond donors (Lipinski definition) is 1. The van der Waals surface area contributed by atoms with Crippen LogP contribution in [-0.4, -0.2) is 33.7 Å². The van der Waals surface area contributed by atoms with E-state index in [2.05, 4.69) is 5.32 Å². The molecule has 0 radical (unpaired) electrons. The number of halogens is 2. The van der Waals surface area contributed by atoms with Gasteiger partial charge in [-0.1, -0.05) is 0 Å². The third-order valence-electron chi connectivity index (χ3n) is 3.75. The maximum Gasteiger partial charge on any atom is 0.341 e. The molecule has 3 rings (SSSR count). The van der Waals surface area contributed by atoms with Crippen molar-refractivity contribution in [2.75, 3.05) is 23.9 Å². The number of hydrogen-bond acceptors (Lipinski definition) is 5. The Hall–Kier alpha value is -2.68. The summed E-state index contributed by atoms with van der Waals surface area (Å²) in [6, 6.07) is 10.1. The Balaban J connectivity index is 1.83. The molecule has 1 N–H and O–H groups in total. The summed E-state index contributed by atoms with van der Waals surface area (Å²) in [7, 11) is -2.98. The smallest absolute Gasteiger partial charge is 0.341 e. The molecule has 1 aliphatic rings. The highest BCUT2D eigenvalue weighted by Crippen LogP contribution is 2.34. The molecule has 132 valence electrons. The molecule has 25 heavy (non-hydrogen) atoms. The molecule has 0 bridgehead atoms. The molecule has 1 aliphatic heterocycles. The summed E-state index contributed by atoms with van der Waals surface area (Å²) in [5.74, 6) is -3.06. The van der Waals surface area contributed by atoms with Gasteiger partial charge in [-0.05, 0) is 42.5 Å². The van der Waals surface area contributed by atoms with Crippen molar-refractivity contribution in [1.82, 2.24) is 0 Å². The Kier molecular flexibility index (Phi) is 4.34. The molecule has 2 aromatic carbocycles. The number of nitrogens with one attached hydrogen (secondary N) is 1. The summed E-state index contributed by atoms with van der Waals surface area (Å²) in [5, 5.41) is 3.02. The minimum absolute atomic E-state index is 0.0175. The lowest BCUT2D eigenvalue weighted by molar-refractivity contribution is -0.120. The highest BCUT2D eigenvalue weighted by Gasteiger charge is 2.26. The number of rotatable bonds is 4. The van der Waals surface area contributed by atoms with Gasteiger partial charge in [-0.15, -0.1) is 0 Å². The summed E-state index contributed by atoms with van der Waals surface area (Å²) < 4.78 is 53.2. The van der Waals surface area contributed by atoms with Crippen LogP contribution in [0.5, 0.6) is 5.75 Å². The topological polar surface area (TPSA) is 75.7 Å². The Morgan fingerprint density at radius 1 is 1.12 bits per heavy atom. The fraction of sp³-hybridized carbons (Fsp3) is 0.188. The Bertz CT molecular complexity index is 914. The van der Waals surface area contributed by atoms with Gasteiger partial charge in [0.1, 0.15) is 5.75 Å². The second kappa shape index (κ2) is 6.32. The molecule has 0 spiro atoms. The van der Waals surface area contributed by atoms with Gasteiger partial charge in [0.25, 0.3) is 5.91 Å². The van der Waals surface area contributed by atoms with Gasteiger partial charge in [-0.2, -0.15) is 8.78 Å². The van der Waals surface area contributed by atoms with Crippen molar-refractivity contribution in [2.45, 2.75) is 10.7 Å². The first-order valence-electron chi connectivity index (χ1n) is 7.21. The summed E-state index contributed by atoms with van der Waals surface area (Å²) in [6.07, 6.45) is 0. The summed E-state index contributed by atoms with van der Waals surface area (Å²) in [5.41, 5.74) is 1.74. The van der Waals surface area contributed by atoms with Crippen LogP contribution >= 0.6 is 0 Å². The first kappa shape index (κ1) is 17.2. The van der Waals surface area contributed by atoms with Crippen LogP contribution in [0.2, 0.25) is 0 Å². The van der Waals surface area contributed by atoms with Crippen LogP contribution < -0.4 is 15.0 Å². The average Bonchev–Trinajstić information content (AvgIpc) is 2.59. The van der Waals surface area contributed by atoms with E-state index in [1.807, 2.05) is 0 Å². The van der Waals surface area contributed by atoms with Gasteiger partial charge in [-0.3, -0.25) is 4.79 Å². The highest BCUT2D eigenvalue weighted by atomic mass is 32.2. The Morgan fingerprint density at radius 2 is 1.76 bits per heavy atom. The van der Waals surface area contributed by atoms with E-state index in [4.69, 9.17) is 4.74 Å². The van der Waals surface area contributed by atoms with Crippen molar-refractivity contribution in [1.29, 1.82) is 0 Å². The molecular formula is C16H14F2N2O4S. The zero-order valence-electron chi connectivity index (χ0n) is 13.1. The molecule has 0 saturated heterocycles. The van der Waals surface area contributed by atoms with Crippen LogP contribution in [0.25, 0.3) is 0 Å². The SMILES string of the molecule is CN1C(=O)COc2ccc(Nc3ccc(S(=O)(=O)C(F)F)cc3)cc21. The molecule has 0 aliphatic carbocycles. The molecule has 1 amide bonds. The number of benzene rings is 2. The van der Waals surface area contributed by atoms with E-state index < -0.39 is 20.5 Å². The van der Waals surface area contributed by atoms with E-state index in [1.54, 1.807) is 25.2 Å². The van der Waals surface area contributed by atoms with Crippen molar-refractivity contribution in [3.8, 4) is 5.75 Å². The van der Waals surface area contributed by atoms with Crippen molar-refractivity contribution in [3.63, 3.8) is 0 Å². The molecule has 9 heteroatoms. The Labute approximate surface area is 142 Å². The number of ether oxygens (including phenoxy) is 1. The number of anilines is 3. The van der Waals surface area contributed by atoms with Crippen molar-refractivity contribution in [2.24, 2.45) is 0 Å². The zero-order valence-corrected chi connectivity index (χ0v) is 13.9. The number of alkyl halides is 2. The van der Waals surface area contributed by atoms with Crippen molar-refractivity contribution < 1.29 is 26.7 Å². The lowest BCUT2D eigenvalue weighted by Gasteiger charge is -2.26. The predicted octanol–water partition coefficient (Wildman–Crippen LogP) is 2.78. The molecule has 0 atom stereocenters. The molecule has 0 aromatic heterocycles. The Morgan fingerprint density at radius 3 is 2.40 bits per heavy atom. The fourth-order valence-corrected chi connectivity index (χ4v) is 3.07. The molecule has 1 heterocycles. The molecular weight excluding hydrogens is 354 g/mol. The van der Waals surface area contributed by atoms with Gasteiger partial charge in [0.05, 0.1) is 10.6 Å². The minimum atomic E-state index is -4.61. The monoisotopic (exact) mass is 368 g/mol. The maximum atomic E-state index is 12.5. The first-order chi connectivity index (χ1) is 11.8. The molecule has 0 fully saturated rings. The minimum Gasteiger partial charge on any atom is -0.482 e. The summed E-state index contributed by atoms with van der Waals surface area (Å²) >= 11 is 0. The van der Waals surface area contributed by atoms with Gasteiger partial charge in [0.15, 0.2) is 6.61 Å². The van der Waals surface area contributed by atoms with Crippen LogP contribution in [0, 0.1) is 0 Å². The standard InChI is InChI=1S/C16H14F2N2O4S/c1-20-13-8-11(4-7-14(13)24-9-15(20)21)19-10-2-5-12(6-3-10)25(22,23)16(17)18/h2-8,16,19H,9H2,1H3. The summed E-state index contributed by atoms with van der Waals surface area (Å²) in [6.45, 7) is -0.0175. The summed E-state index contributed by atoms with van der Waals surface area (Å²) in [4.78, 5) is 12.7. The average molecular weight is 368 g/mol. The zero-order chi connectivity index (χ0) is 18.2. The van der Waals surface area contributed by atoms with Crippen molar-refractivity contribution in [3.05, 3.63) is 42.5 Å². The second-order valence-electron chi connectivity index (χ2n) is 5.38. The van der Waals surface area contributed by atoms with Crippen LogP contribution in [0.4, 0.5) is 25.8 Å². The van der Waals surface area contributed by atoms with Crippen LogP contribution in [0.1, 0.15) is 0 Å². The van der Waals surface area contributed by atoms with E-state index in [9.17, 15) is 22.0 Å². The number of sulfone groups is 1. The number of amides is 1. The van der Waals surface area contributed by atoms with Crippen molar-refractivity contribution >= 4 is 32.8 Å². The van der Waals surface area contributed by atoms with Gasteiger partial charge in [0, 0.05) is 18.4 Å². The number of carbonyl (C=O) groups excluding carboxylic acids is 1. The van der Waals surface area contributed by atoms with Crippen LogP contribution in [0.15, 0.2) is 47.4 Å². The second-order valence-corrected chi connectivity index (χ2v) is 7.30. The predicted molar refractivity (Wildman–Crippen MR) is 88.3 cm³/mol. The molecule has 0 saturated carbocycles. The van der Waals surface area contributed by atoms with E-state index in [1.165, 1.54) is 17.0 Å². The van der Waals surface area contributed by atoms with Gasteiger partial charge >= 0.3 is 5.76 Å². The first-order valence-corrected chi connectivity index (χ1v) is 8.76. The normalized spacial score (nSPS) is 14.2. The lowest BCUT2D eigenvalue weighted by atomic mass is 10.2. The number of carbonyl (C=O) groups is 1. The number of nitrogens with zero attached hydrogens (tertiary/aromatic N) is 1. The number of likely N-dealkylation sites (N-methyl/N-ethyl adjacent to an activating group) is 1. The van der Waals surface area contributed by atoms with E-state index in [0.717, 1.165) is 12.1 Å². The fourth-order valence-electron chi connectivity index (χ4n) is 2.35. The van der Waals surface area contributed by atoms with Gasteiger partial charge in [-0.25, -0.2) is 8.42 Å². The molecule has 6 nitrogen and oxygen atoms in total. The number of fused-ring (bicyclic) bond motifs is 1. The van der Waals surface area contributed by atoms with Crippen LogP contribution in [-0.2, 0) is 14.6 Å². The maximum absolute atomic E-state index is 12.5. The third-order valence-corrected chi connectivity index (χ3v) is 5.15. The van der Waals surface area contributed by atoms with E-state index in [0.29, 0.717) is 22.8 Å². The van der Waals surface area contributed by atoms with Crippen LogP contribution in [0.3, 0.4) is 0 Å². The van der Waals surface area contributed by atoms with E-state index in [-0.39, 0.29) is 12.5 Å².